The van der Waals surface area contributed by atoms with E-state index in [1.807, 2.05) is 18.2 Å². The molecule has 0 aliphatic rings. The molecule has 2 aromatic heterocycles. The SMILES string of the molecule is CCCNCc1nnc(-c2ccccn2)o1. The molecule has 16 heavy (non-hydrogen) atoms. The topological polar surface area (TPSA) is 63.8 Å². The highest BCUT2D eigenvalue weighted by atomic mass is 16.4. The maximum atomic E-state index is 5.47. The summed E-state index contributed by atoms with van der Waals surface area (Å²) in [7, 11) is 0. The fourth-order valence-corrected chi connectivity index (χ4v) is 1.29. The van der Waals surface area contributed by atoms with Crippen LogP contribution in [0.25, 0.3) is 11.6 Å². The summed E-state index contributed by atoms with van der Waals surface area (Å²) in [6.45, 7) is 3.66. The van der Waals surface area contributed by atoms with Crippen LogP contribution >= 0.6 is 0 Å². The molecule has 0 amide bonds. The van der Waals surface area contributed by atoms with E-state index in [0.717, 1.165) is 13.0 Å². The summed E-state index contributed by atoms with van der Waals surface area (Å²) >= 11 is 0. The minimum Gasteiger partial charge on any atom is -0.418 e. The lowest BCUT2D eigenvalue weighted by atomic mass is 10.3. The number of hydrogen-bond donors (Lipinski definition) is 1. The van der Waals surface area contributed by atoms with Crippen molar-refractivity contribution in [3.63, 3.8) is 0 Å². The van der Waals surface area contributed by atoms with Crippen LogP contribution in [-0.2, 0) is 6.54 Å². The summed E-state index contributed by atoms with van der Waals surface area (Å²) in [4.78, 5) is 4.14. The third-order valence-electron chi connectivity index (χ3n) is 2.05. The molecule has 2 rings (SSSR count). The van der Waals surface area contributed by atoms with Crippen LogP contribution in [0.4, 0.5) is 0 Å². The standard InChI is InChI=1S/C11H14N4O/c1-2-6-12-8-10-14-15-11(16-10)9-5-3-4-7-13-9/h3-5,7,12H,2,6,8H2,1H3. The molecule has 2 aromatic rings. The van der Waals surface area contributed by atoms with Crippen LogP contribution in [-0.4, -0.2) is 21.7 Å². The number of aromatic nitrogens is 3. The van der Waals surface area contributed by atoms with Gasteiger partial charge in [-0.1, -0.05) is 13.0 Å². The van der Waals surface area contributed by atoms with Crippen LogP contribution in [0, 0.1) is 0 Å². The van der Waals surface area contributed by atoms with E-state index in [0.29, 0.717) is 24.0 Å². The van der Waals surface area contributed by atoms with Gasteiger partial charge in [-0.05, 0) is 25.1 Å². The van der Waals surface area contributed by atoms with Gasteiger partial charge in [-0.3, -0.25) is 4.98 Å². The van der Waals surface area contributed by atoms with E-state index in [-0.39, 0.29) is 0 Å². The minimum absolute atomic E-state index is 0.467. The van der Waals surface area contributed by atoms with E-state index in [4.69, 9.17) is 4.42 Å². The highest BCUT2D eigenvalue weighted by Gasteiger charge is 2.08. The summed E-state index contributed by atoms with van der Waals surface area (Å²) in [5.74, 6) is 1.06. The summed E-state index contributed by atoms with van der Waals surface area (Å²) in [5.41, 5.74) is 0.705. The maximum Gasteiger partial charge on any atom is 0.266 e. The van der Waals surface area contributed by atoms with Crippen molar-refractivity contribution < 1.29 is 4.42 Å². The molecule has 0 atom stereocenters. The van der Waals surface area contributed by atoms with Crippen LogP contribution in [0.5, 0.6) is 0 Å². The second-order valence-electron chi connectivity index (χ2n) is 3.39. The highest BCUT2D eigenvalue weighted by Crippen LogP contribution is 2.13. The second-order valence-corrected chi connectivity index (χ2v) is 3.39. The van der Waals surface area contributed by atoms with Gasteiger partial charge in [0.25, 0.3) is 5.89 Å². The predicted molar refractivity (Wildman–Crippen MR) is 59.5 cm³/mol. The van der Waals surface area contributed by atoms with E-state index in [2.05, 4.69) is 27.4 Å². The van der Waals surface area contributed by atoms with E-state index < -0.39 is 0 Å². The van der Waals surface area contributed by atoms with Crippen molar-refractivity contribution in [2.45, 2.75) is 19.9 Å². The quantitative estimate of drug-likeness (QED) is 0.773. The number of nitrogens with one attached hydrogen (secondary N) is 1. The Kier molecular flexibility index (Phi) is 3.61. The Morgan fingerprint density at radius 1 is 1.31 bits per heavy atom. The molecule has 2 heterocycles. The lowest BCUT2D eigenvalue weighted by Gasteiger charge is -1.96. The van der Waals surface area contributed by atoms with Gasteiger partial charge in [0, 0.05) is 6.20 Å². The molecular formula is C11H14N4O. The van der Waals surface area contributed by atoms with Crippen LogP contribution in [0.1, 0.15) is 19.2 Å². The Hall–Kier alpha value is -1.75. The normalized spacial score (nSPS) is 10.6. The fourth-order valence-electron chi connectivity index (χ4n) is 1.29. The predicted octanol–water partition coefficient (Wildman–Crippen LogP) is 1.63. The van der Waals surface area contributed by atoms with Crippen molar-refractivity contribution in [3.05, 3.63) is 30.3 Å². The van der Waals surface area contributed by atoms with E-state index >= 15 is 0 Å². The van der Waals surface area contributed by atoms with Crippen molar-refractivity contribution >= 4 is 0 Å². The average Bonchev–Trinajstić information content (AvgIpc) is 2.79. The van der Waals surface area contributed by atoms with E-state index in [1.54, 1.807) is 6.20 Å². The molecule has 0 saturated carbocycles. The molecule has 84 valence electrons. The van der Waals surface area contributed by atoms with Gasteiger partial charge in [-0.2, -0.15) is 0 Å². The number of rotatable bonds is 5. The minimum atomic E-state index is 0.467. The first kappa shape index (κ1) is 10.8. The molecule has 0 unspecified atom stereocenters. The van der Waals surface area contributed by atoms with Gasteiger partial charge in [-0.25, -0.2) is 0 Å². The van der Waals surface area contributed by atoms with E-state index in [1.165, 1.54) is 0 Å². The smallest absolute Gasteiger partial charge is 0.266 e. The molecule has 0 aliphatic heterocycles. The van der Waals surface area contributed by atoms with E-state index in [9.17, 15) is 0 Å². The molecule has 1 N–H and O–H groups in total. The molecule has 5 heteroatoms. The molecule has 0 aliphatic carbocycles. The first-order valence-corrected chi connectivity index (χ1v) is 5.34. The lowest BCUT2D eigenvalue weighted by molar-refractivity contribution is 0.476. The van der Waals surface area contributed by atoms with Gasteiger partial charge < -0.3 is 9.73 Å². The van der Waals surface area contributed by atoms with Gasteiger partial charge in [-0.15, -0.1) is 10.2 Å². The molecule has 0 fully saturated rings. The Bertz CT molecular complexity index is 427. The summed E-state index contributed by atoms with van der Waals surface area (Å²) in [5, 5.41) is 11.1. The fraction of sp³-hybridized carbons (Fsp3) is 0.364. The Morgan fingerprint density at radius 3 is 3.00 bits per heavy atom. The van der Waals surface area contributed by atoms with Gasteiger partial charge in [0.1, 0.15) is 5.69 Å². The second kappa shape index (κ2) is 5.37. The molecule has 0 saturated heterocycles. The lowest BCUT2D eigenvalue weighted by Crippen LogP contribution is -2.13. The highest BCUT2D eigenvalue weighted by molar-refractivity contribution is 5.44. The number of nitrogens with zero attached hydrogens (tertiary/aromatic N) is 3. The average molecular weight is 218 g/mol. The van der Waals surface area contributed by atoms with Gasteiger partial charge >= 0.3 is 0 Å². The molecule has 5 nitrogen and oxygen atoms in total. The Labute approximate surface area is 93.9 Å². The largest absolute Gasteiger partial charge is 0.418 e. The zero-order chi connectivity index (χ0) is 11.2. The van der Waals surface area contributed by atoms with Crippen molar-refractivity contribution in [2.75, 3.05) is 6.54 Å². The van der Waals surface area contributed by atoms with Gasteiger partial charge in [0.2, 0.25) is 5.89 Å². The number of pyridine rings is 1. The molecule has 0 radical (unpaired) electrons. The maximum absolute atomic E-state index is 5.47. The molecule has 0 bridgehead atoms. The monoisotopic (exact) mass is 218 g/mol. The molecule has 0 aromatic carbocycles. The third-order valence-corrected chi connectivity index (χ3v) is 2.05. The molecule has 0 spiro atoms. The first-order valence-electron chi connectivity index (χ1n) is 5.34. The summed E-state index contributed by atoms with van der Waals surface area (Å²) in [6.07, 6.45) is 2.79. The van der Waals surface area contributed by atoms with Crippen LogP contribution < -0.4 is 5.32 Å². The Morgan fingerprint density at radius 2 is 2.25 bits per heavy atom. The summed E-state index contributed by atoms with van der Waals surface area (Å²) < 4.78 is 5.47. The van der Waals surface area contributed by atoms with Crippen LogP contribution in [0.3, 0.4) is 0 Å². The Balaban J connectivity index is 2.02. The van der Waals surface area contributed by atoms with Crippen molar-refractivity contribution in [3.8, 4) is 11.6 Å². The number of hydrogen-bond acceptors (Lipinski definition) is 5. The van der Waals surface area contributed by atoms with Gasteiger partial charge in [0.15, 0.2) is 0 Å². The van der Waals surface area contributed by atoms with Crippen molar-refractivity contribution in [2.24, 2.45) is 0 Å². The van der Waals surface area contributed by atoms with Crippen molar-refractivity contribution in [1.82, 2.24) is 20.5 Å². The summed E-state index contributed by atoms with van der Waals surface area (Å²) in [6, 6.07) is 5.59. The van der Waals surface area contributed by atoms with Crippen LogP contribution in [0.15, 0.2) is 28.8 Å². The molecular weight excluding hydrogens is 204 g/mol. The van der Waals surface area contributed by atoms with Crippen molar-refractivity contribution in [1.29, 1.82) is 0 Å². The zero-order valence-electron chi connectivity index (χ0n) is 9.18. The van der Waals surface area contributed by atoms with Gasteiger partial charge in [0.05, 0.1) is 6.54 Å². The first-order chi connectivity index (χ1) is 7.90. The third kappa shape index (κ3) is 2.64. The van der Waals surface area contributed by atoms with Crippen LogP contribution in [0.2, 0.25) is 0 Å². The zero-order valence-corrected chi connectivity index (χ0v) is 9.18.